The van der Waals surface area contributed by atoms with Gasteiger partial charge in [0, 0.05) is 17.9 Å². The van der Waals surface area contributed by atoms with Crippen LogP contribution in [0.1, 0.15) is 6.42 Å². The maximum atomic E-state index is 6.12. The van der Waals surface area contributed by atoms with Gasteiger partial charge in [-0.15, -0.1) is 0 Å². The van der Waals surface area contributed by atoms with Gasteiger partial charge in [-0.1, -0.05) is 11.6 Å². The fourth-order valence-electron chi connectivity index (χ4n) is 1.84. The molecular weight excluding hydrogens is 258 g/mol. The number of methoxy groups -OCH3 is 2. The van der Waals surface area contributed by atoms with E-state index in [1.165, 1.54) is 12.2 Å². The molecule has 2 rings (SSSR count). The molecule has 0 amide bonds. The summed E-state index contributed by atoms with van der Waals surface area (Å²) in [5.74, 6) is 3.74. The van der Waals surface area contributed by atoms with Crippen LogP contribution < -0.4 is 14.8 Å². The van der Waals surface area contributed by atoms with Crippen LogP contribution in [0.3, 0.4) is 0 Å². The predicted molar refractivity (Wildman–Crippen MR) is 73.9 cm³/mol. The van der Waals surface area contributed by atoms with E-state index in [0.717, 1.165) is 17.2 Å². The van der Waals surface area contributed by atoms with Crippen molar-refractivity contribution in [3.05, 3.63) is 17.2 Å². The summed E-state index contributed by atoms with van der Waals surface area (Å²) in [6.07, 6.45) is 1.18. The molecular formula is C12H16ClNO2S. The summed E-state index contributed by atoms with van der Waals surface area (Å²) in [7, 11) is 3.25. The van der Waals surface area contributed by atoms with E-state index in [2.05, 4.69) is 5.32 Å². The molecule has 0 radical (unpaired) electrons. The maximum Gasteiger partial charge on any atom is 0.145 e. The minimum atomic E-state index is 0.498. The van der Waals surface area contributed by atoms with Crippen molar-refractivity contribution in [3.8, 4) is 11.5 Å². The molecule has 17 heavy (non-hydrogen) atoms. The Balaban J connectivity index is 2.22. The molecule has 0 spiro atoms. The van der Waals surface area contributed by atoms with Gasteiger partial charge in [-0.2, -0.15) is 11.8 Å². The summed E-state index contributed by atoms with van der Waals surface area (Å²) in [5, 5.41) is 4.07. The Kier molecular flexibility index (Phi) is 4.29. The van der Waals surface area contributed by atoms with E-state index in [4.69, 9.17) is 21.1 Å². The number of hydrogen-bond acceptors (Lipinski definition) is 4. The van der Waals surface area contributed by atoms with Crippen LogP contribution in [0.25, 0.3) is 0 Å². The third-order valence-corrected chi connectivity index (χ3v) is 4.22. The number of rotatable bonds is 4. The van der Waals surface area contributed by atoms with E-state index >= 15 is 0 Å². The van der Waals surface area contributed by atoms with Crippen molar-refractivity contribution in [1.29, 1.82) is 0 Å². The lowest BCUT2D eigenvalue weighted by Crippen LogP contribution is -2.18. The van der Waals surface area contributed by atoms with Gasteiger partial charge in [0.1, 0.15) is 11.5 Å². The van der Waals surface area contributed by atoms with Gasteiger partial charge in [0.15, 0.2) is 0 Å². The minimum absolute atomic E-state index is 0.498. The first kappa shape index (κ1) is 12.7. The van der Waals surface area contributed by atoms with Crippen LogP contribution in [0, 0.1) is 0 Å². The topological polar surface area (TPSA) is 30.5 Å². The molecule has 1 aliphatic rings. The smallest absolute Gasteiger partial charge is 0.145 e. The normalized spacial score (nSPS) is 19.1. The van der Waals surface area contributed by atoms with E-state index in [1.54, 1.807) is 14.2 Å². The molecule has 1 atom stereocenters. The fraction of sp³-hybridized carbons (Fsp3) is 0.500. The molecule has 1 fully saturated rings. The molecule has 1 aromatic rings. The number of benzene rings is 1. The SMILES string of the molecule is COc1cc(OC)c(NC2CCSC2)cc1Cl. The molecule has 1 heterocycles. The van der Waals surface area contributed by atoms with E-state index in [1.807, 2.05) is 23.9 Å². The van der Waals surface area contributed by atoms with Gasteiger partial charge < -0.3 is 14.8 Å². The Morgan fingerprint density at radius 1 is 1.29 bits per heavy atom. The molecule has 3 nitrogen and oxygen atoms in total. The monoisotopic (exact) mass is 273 g/mol. The van der Waals surface area contributed by atoms with E-state index < -0.39 is 0 Å². The van der Waals surface area contributed by atoms with E-state index in [0.29, 0.717) is 16.8 Å². The van der Waals surface area contributed by atoms with E-state index in [-0.39, 0.29) is 0 Å². The Morgan fingerprint density at radius 2 is 2.06 bits per heavy atom. The largest absolute Gasteiger partial charge is 0.495 e. The van der Waals surface area contributed by atoms with Gasteiger partial charge in [-0.05, 0) is 18.2 Å². The fourth-order valence-corrected chi connectivity index (χ4v) is 3.23. The zero-order chi connectivity index (χ0) is 12.3. The van der Waals surface area contributed by atoms with Crippen LogP contribution in [0.2, 0.25) is 5.02 Å². The van der Waals surface area contributed by atoms with Gasteiger partial charge in [-0.25, -0.2) is 0 Å². The molecule has 0 aromatic heterocycles. The van der Waals surface area contributed by atoms with Crippen molar-refractivity contribution in [1.82, 2.24) is 0 Å². The Morgan fingerprint density at radius 3 is 2.65 bits per heavy atom. The van der Waals surface area contributed by atoms with Crippen molar-refractivity contribution in [3.63, 3.8) is 0 Å². The number of thioether (sulfide) groups is 1. The van der Waals surface area contributed by atoms with Gasteiger partial charge in [0.05, 0.1) is 24.9 Å². The second-order valence-corrected chi connectivity index (χ2v) is 5.45. The van der Waals surface area contributed by atoms with Crippen LogP contribution in [-0.4, -0.2) is 31.8 Å². The molecule has 0 bridgehead atoms. The van der Waals surface area contributed by atoms with Crippen molar-refractivity contribution < 1.29 is 9.47 Å². The Labute approximate surface area is 111 Å². The number of anilines is 1. The summed E-state index contributed by atoms with van der Waals surface area (Å²) < 4.78 is 10.5. The number of nitrogens with one attached hydrogen (secondary N) is 1. The summed E-state index contributed by atoms with van der Waals surface area (Å²) >= 11 is 8.08. The lowest BCUT2D eigenvalue weighted by atomic mass is 10.2. The van der Waals surface area contributed by atoms with Crippen LogP contribution >= 0.6 is 23.4 Å². The van der Waals surface area contributed by atoms with Crippen molar-refractivity contribution >= 4 is 29.1 Å². The summed E-state index contributed by atoms with van der Waals surface area (Å²) in [5.41, 5.74) is 0.936. The molecule has 1 N–H and O–H groups in total. The molecule has 1 saturated heterocycles. The van der Waals surface area contributed by atoms with Crippen LogP contribution in [0.4, 0.5) is 5.69 Å². The molecule has 1 aromatic carbocycles. The zero-order valence-electron chi connectivity index (χ0n) is 9.96. The molecule has 1 unspecified atom stereocenters. The average Bonchev–Trinajstić information content (AvgIpc) is 2.82. The highest BCUT2D eigenvalue weighted by molar-refractivity contribution is 7.99. The second kappa shape index (κ2) is 5.74. The van der Waals surface area contributed by atoms with Crippen molar-refractivity contribution in [2.24, 2.45) is 0 Å². The highest BCUT2D eigenvalue weighted by Gasteiger charge is 2.18. The van der Waals surface area contributed by atoms with Gasteiger partial charge in [0.2, 0.25) is 0 Å². The average molecular weight is 274 g/mol. The quantitative estimate of drug-likeness (QED) is 0.912. The van der Waals surface area contributed by atoms with Crippen LogP contribution in [0.5, 0.6) is 11.5 Å². The Hall–Kier alpha value is -0.740. The second-order valence-electron chi connectivity index (χ2n) is 3.89. The van der Waals surface area contributed by atoms with Crippen molar-refractivity contribution in [2.75, 3.05) is 31.0 Å². The van der Waals surface area contributed by atoms with Gasteiger partial charge in [-0.3, -0.25) is 0 Å². The first-order chi connectivity index (χ1) is 8.24. The van der Waals surface area contributed by atoms with Crippen LogP contribution in [0.15, 0.2) is 12.1 Å². The number of ether oxygens (including phenoxy) is 2. The highest BCUT2D eigenvalue weighted by atomic mass is 35.5. The first-order valence-corrected chi connectivity index (χ1v) is 7.03. The zero-order valence-corrected chi connectivity index (χ0v) is 11.5. The predicted octanol–water partition coefficient (Wildman–Crippen LogP) is 3.27. The number of halogens is 1. The van der Waals surface area contributed by atoms with Gasteiger partial charge in [0.25, 0.3) is 0 Å². The molecule has 0 aliphatic carbocycles. The first-order valence-electron chi connectivity index (χ1n) is 5.50. The third-order valence-electron chi connectivity index (χ3n) is 2.76. The summed E-state index contributed by atoms with van der Waals surface area (Å²) in [6, 6.07) is 4.17. The Bertz CT molecular complexity index is 394. The van der Waals surface area contributed by atoms with E-state index in [9.17, 15) is 0 Å². The van der Waals surface area contributed by atoms with Crippen molar-refractivity contribution in [2.45, 2.75) is 12.5 Å². The lowest BCUT2D eigenvalue weighted by Gasteiger charge is -2.17. The maximum absolute atomic E-state index is 6.12. The minimum Gasteiger partial charge on any atom is -0.495 e. The molecule has 1 aliphatic heterocycles. The highest BCUT2D eigenvalue weighted by Crippen LogP contribution is 2.37. The standard InChI is InChI=1S/C12H16ClNO2S/c1-15-11-6-12(16-2)10(5-9(11)13)14-8-3-4-17-7-8/h5-6,8,14H,3-4,7H2,1-2H3. The molecule has 94 valence electrons. The van der Waals surface area contributed by atoms with Gasteiger partial charge >= 0.3 is 0 Å². The third kappa shape index (κ3) is 2.93. The number of hydrogen-bond donors (Lipinski definition) is 1. The summed E-state index contributed by atoms with van der Waals surface area (Å²) in [6.45, 7) is 0. The molecule has 5 heteroatoms. The summed E-state index contributed by atoms with van der Waals surface area (Å²) in [4.78, 5) is 0. The lowest BCUT2D eigenvalue weighted by molar-refractivity contribution is 0.395. The molecule has 0 saturated carbocycles. The van der Waals surface area contributed by atoms with Crippen LogP contribution in [-0.2, 0) is 0 Å².